The fourth-order valence-electron chi connectivity index (χ4n) is 2.98. The van der Waals surface area contributed by atoms with Gasteiger partial charge in [-0.25, -0.2) is 13.2 Å². The Bertz CT molecular complexity index is 1060. The molecule has 1 amide bonds. The Hall–Kier alpha value is -3.11. The van der Waals surface area contributed by atoms with Gasteiger partial charge in [0, 0.05) is 18.8 Å². The summed E-state index contributed by atoms with van der Waals surface area (Å²) in [5.74, 6) is -0.384. The molecule has 0 radical (unpaired) electrons. The molecule has 0 heterocycles. The van der Waals surface area contributed by atoms with Crippen molar-refractivity contribution < 1.29 is 32.2 Å². The van der Waals surface area contributed by atoms with Crippen LogP contribution in [0.15, 0.2) is 47.4 Å². The Balaban J connectivity index is 1.97. The van der Waals surface area contributed by atoms with Crippen molar-refractivity contribution in [2.24, 2.45) is 0 Å². The summed E-state index contributed by atoms with van der Waals surface area (Å²) in [5.41, 5.74) is 0.591. The Labute approximate surface area is 194 Å². The number of amides is 1. The normalized spacial score (nSPS) is 11.4. The third-order valence-corrected chi connectivity index (χ3v) is 6.64. The number of sulfonamides is 1. The standard InChI is InChI=1S/C23H30N2O7S/c1-6-25(7-2)33(28,29)19-11-9-18(10-12-19)24-22(26)15-31-23(27)17-8-13-20(32-16(3)4)21(14-17)30-5/h8-14,16H,6-7,15H2,1-5H3,(H,24,26). The van der Waals surface area contributed by atoms with Gasteiger partial charge in [0.15, 0.2) is 18.1 Å². The van der Waals surface area contributed by atoms with E-state index < -0.39 is 28.5 Å². The van der Waals surface area contributed by atoms with Crippen LogP contribution in [-0.2, 0) is 19.6 Å². The molecule has 9 nitrogen and oxygen atoms in total. The van der Waals surface area contributed by atoms with Crippen LogP contribution in [0.25, 0.3) is 0 Å². The van der Waals surface area contributed by atoms with E-state index in [0.717, 1.165) is 0 Å². The number of hydrogen-bond acceptors (Lipinski definition) is 7. The fraction of sp³-hybridized carbons (Fsp3) is 0.391. The Kier molecular flexibility index (Phi) is 9.24. The predicted octanol–water partition coefficient (Wildman–Crippen LogP) is 3.31. The van der Waals surface area contributed by atoms with Crippen LogP contribution in [0.4, 0.5) is 5.69 Å². The summed E-state index contributed by atoms with van der Waals surface area (Å²) in [7, 11) is -2.12. The zero-order chi connectivity index (χ0) is 24.6. The van der Waals surface area contributed by atoms with Crippen LogP contribution in [0, 0.1) is 0 Å². The molecule has 0 spiro atoms. The highest BCUT2D eigenvalue weighted by molar-refractivity contribution is 7.89. The molecule has 33 heavy (non-hydrogen) atoms. The summed E-state index contributed by atoms with van der Waals surface area (Å²) in [6, 6.07) is 10.4. The van der Waals surface area contributed by atoms with Gasteiger partial charge >= 0.3 is 5.97 Å². The molecule has 0 unspecified atom stereocenters. The van der Waals surface area contributed by atoms with E-state index in [0.29, 0.717) is 30.3 Å². The van der Waals surface area contributed by atoms with Crippen LogP contribution in [0.5, 0.6) is 11.5 Å². The van der Waals surface area contributed by atoms with Gasteiger partial charge in [0.2, 0.25) is 10.0 Å². The van der Waals surface area contributed by atoms with Gasteiger partial charge in [-0.3, -0.25) is 4.79 Å². The summed E-state index contributed by atoms with van der Waals surface area (Å²) in [6.45, 7) is 7.49. The van der Waals surface area contributed by atoms with E-state index in [1.54, 1.807) is 19.9 Å². The third-order valence-electron chi connectivity index (χ3n) is 4.58. The first kappa shape index (κ1) is 26.1. The number of nitrogens with one attached hydrogen (secondary N) is 1. The van der Waals surface area contributed by atoms with E-state index in [1.807, 2.05) is 13.8 Å². The topological polar surface area (TPSA) is 111 Å². The quantitative estimate of drug-likeness (QED) is 0.493. The molecule has 0 aliphatic heterocycles. The smallest absolute Gasteiger partial charge is 0.338 e. The first-order chi connectivity index (χ1) is 15.6. The SMILES string of the molecule is CCN(CC)S(=O)(=O)c1ccc(NC(=O)COC(=O)c2ccc(OC(C)C)c(OC)c2)cc1. The molecule has 0 fully saturated rings. The Morgan fingerprint density at radius 3 is 2.18 bits per heavy atom. The molecule has 0 saturated carbocycles. The van der Waals surface area contributed by atoms with E-state index in [9.17, 15) is 18.0 Å². The van der Waals surface area contributed by atoms with Crippen LogP contribution in [0.2, 0.25) is 0 Å². The van der Waals surface area contributed by atoms with Crippen molar-refractivity contribution in [3.63, 3.8) is 0 Å². The molecule has 0 aliphatic rings. The number of carbonyl (C=O) groups excluding carboxylic acids is 2. The van der Waals surface area contributed by atoms with E-state index in [1.165, 1.54) is 47.8 Å². The average Bonchev–Trinajstić information content (AvgIpc) is 2.78. The van der Waals surface area contributed by atoms with Crippen molar-refractivity contribution >= 4 is 27.6 Å². The van der Waals surface area contributed by atoms with E-state index in [4.69, 9.17) is 14.2 Å². The molecule has 0 aromatic heterocycles. The molecule has 0 bridgehead atoms. The zero-order valence-corrected chi connectivity index (χ0v) is 20.3. The van der Waals surface area contributed by atoms with Crippen LogP contribution >= 0.6 is 0 Å². The number of rotatable bonds is 11. The lowest BCUT2D eigenvalue weighted by atomic mass is 10.2. The summed E-state index contributed by atoms with van der Waals surface area (Å²) in [4.78, 5) is 24.6. The minimum absolute atomic E-state index is 0.0632. The minimum atomic E-state index is -3.58. The lowest BCUT2D eigenvalue weighted by molar-refractivity contribution is -0.119. The van der Waals surface area contributed by atoms with Gasteiger partial charge in [0.05, 0.1) is 23.7 Å². The lowest BCUT2D eigenvalue weighted by Gasteiger charge is -2.18. The molecule has 0 atom stereocenters. The molecular weight excluding hydrogens is 448 g/mol. The summed E-state index contributed by atoms with van der Waals surface area (Å²) >= 11 is 0. The van der Waals surface area contributed by atoms with Crippen LogP contribution in [-0.4, -0.2) is 57.5 Å². The zero-order valence-electron chi connectivity index (χ0n) is 19.5. The number of benzene rings is 2. The van der Waals surface area contributed by atoms with Crippen LogP contribution in [0.1, 0.15) is 38.1 Å². The highest BCUT2D eigenvalue weighted by Gasteiger charge is 2.21. The van der Waals surface area contributed by atoms with Crippen LogP contribution in [0.3, 0.4) is 0 Å². The fourth-order valence-corrected chi connectivity index (χ4v) is 4.44. The maximum atomic E-state index is 12.5. The van der Waals surface area contributed by atoms with Crippen molar-refractivity contribution in [2.45, 2.75) is 38.7 Å². The highest BCUT2D eigenvalue weighted by atomic mass is 32.2. The molecule has 0 saturated heterocycles. The van der Waals surface area contributed by atoms with Crippen LogP contribution < -0.4 is 14.8 Å². The van der Waals surface area contributed by atoms with Gasteiger partial charge in [0.25, 0.3) is 5.91 Å². The Morgan fingerprint density at radius 1 is 1.00 bits per heavy atom. The molecule has 10 heteroatoms. The monoisotopic (exact) mass is 478 g/mol. The number of esters is 1. The molecule has 0 aliphatic carbocycles. The van der Waals surface area contributed by atoms with Gasteiger partial charge in [-0.2, -0.15) is 4.31 Å². The largest absolute Gasteiger partial charge is 0.493 e. The van der Waals surface area contributed by atoms with Crippen molar-refractivity contribution in [3.05, 3.63) is 48.0 Å². The van der Waals surface area contributed by atoms with Crippen molar-refractivity contribution in [2.75, 3.05) is 32.1 Å². The van der Waals surface area contributed by atoms with Gasteiger partial charge in [0.1, 0.15) is 0 Å². The number of ether oxygens (including phenoxy) is 3. The number of hydrogen-bond donors (Lipinski definition) is 1. The van der Waals surface area contributed by atoms with Crippen molar-refractivity contribution in [3.8, 4) is 11.5 Å². The predicted molar refractivity (Wildman–Crippen MR) is 124 cm³/mol. The number of anilines is 1. The average molecular weight is 479 g/mol. The number of nitrogens with zero attached hydrogens (tertiary/aromatic N) is 1. The van der Waals surface area contributed by atoms with E-state index in [2.05, 4.69) is 5.32 Å². The second kappa shape index (κ2) is 11.7. The van der Waals surface area contributed by atoms with Gasteiger partial charge < -0.3 is 19.5 Å². The molecule has 1 N–H and O–H groups in total. The third kappa shape index (κ3) is 6.93. The molecule has 2 aromatic carbocycles. The summed E-state index contributed by atoms with van der Waals surface area (Å²) in [5, 5.41) is 2.57. The van der Waals surface area contributed by atoms with Gasteiger partial charge in [-0.1, -0.05) is 13.8 Å². The first-order valence-electron chi connectivity index (χ1n) is 10.5. The number of methoxy groups -OCH3 is 1. The first-order valence-corrected chi connectivity index (χ1v) is 12.0. The van der Waals surface area contributed by atoms with Gasteiger partial charge in [-0.05, 0) is 56.3 Å². The summed E-state index contributed by atoms with van der Waals surface area (Å²) < 4.78 is 42.3. The summed E-state index contributed by atoms with van der Waals surface area (Å²) in [6.07, 6.45) is -0.0632. The lowest BCUT2D eigenvalue weighted by Crippen LogP contribution is -2.30. The maximum Gasteiger partial charge on any atom is 0.338 e. The van der Waals surface area contributed by atoms with E-state index in [-0.39, 0.29) is 16.6 Å². The second-order valence-corrected chi connectivity index (χ2v) is 9.21. The van der Waals surface area contributed by atoms with Crippen molar-refractivity contribution in [1.82, 2.24) is 4.31 Å². The van der Waals surface area contributed by atoms with E-state index >= 15 is 0 Å². The highest BCUT2D eigenvalue weighted by Crippen LogP contribution is 2.29. The molecule has 2 aromatic rings. The second-order valence-electron chi connectivity index (χ2n) is 7.27. The Morgan fingerprint density at radius 2 is 1.64 bits per heavy atom. The molecule has 2 rings (SSSR count). The number of carbonyl (C=O) groups is 2. The minimum Gasteiger partial charge on any atom is -0.493 e. The molecular formula is C23H30N2O7S. The molecule has 180 valence electrons. The van der Waals surface area contributed by atoms with Gasteiger partial charge in [-0.15, -0.1) is 0 Å². The van der Waals surface area contributed by atoms with Crippen molar-refractivity contribution in [1.29, 1.82) is 0 Å². The maximum absolute atomic E-state index is 12.5.